The van der Waals surface area contributed by atoms with Gasteiger partial charge in [-0.25, -0.2) is 0 Å². The maximum atomic E-state index is 11.0. The number of benzene rings is 3. The van der Waals surface area contributed by atoms with Gasteiger partial charge in [-0.1, -0.05) is 42.0 Å². The summed E-state index contributed by atoms with van der Waals surface area (Å²) < 4.78 is 0. The minimum Gasteiger partial charge on any atom is -0.265 e. The van der Waals surface area contributed by atoms with Crippen molar-refractivity contribution in [2.75, 3.05) is 5.06 Å². The Labute approximate surface area is 178 Å². The van der Waals surface area contributed by atoms with E-state index in [4.69, 9.17) is 4.84 Å². The predicted octanol–water partition coefficient (Wildman–Crippen LogP) is 5.31. The highest BCUT2D eigenvalue weighted by molar-refractivity contribution is 5.51. The van der Waals surface area contributed by atoms with Crippen molar-refractivity contribution >= 4 is 17.1 Å². The zero-order valence-corrected chi connectivity index (χ0v) is 16.9. The Morgan fingerprint density at radius 1 is 0.871 bits per heavy atom. The van der Waals surface area contributed by atoms with Crippen LogP contribution >= 0.6 is 0 Å². The van der Waals surface area contributed by atoms with Gasteiger partial charge in [-0.2, -0.15) is 0 Å². The zero-order valence-electron chi connectivity index (χ0n) is 16.9. The van der Waals surface area contributed by atoms with Gasteiger partial charge in [0.05, 0.1) is 21.6 Å². The van der Waals surface area contributed by atoms with Gasteiger partial charge in [0.1, 0.15) is 6.10 Å². The number of nitro benzene ring substituents is 2. The van der Waals surface area contributed by atoms with Gasteiger partial charge in [0.15, 0.2) is 0 Å². The van der Waals surface area contributed by atoms with Crippen molar-refractivity contribution in [1.29, 1.82) is 0 Å². The molecule has 2 atom stereocenters. The molecule has 31 heavy (non-hydrogen) atoms. The molecule has 3 aromatic rings. The number of hydroxylamine groups is 1. The van der Waals surface area contributed by atoms with Crippen molar-refractivity contribution in [3.63, 3.8) is 0 Å². The van der Waals surface area contributed by atoms with Crippen LogP contribution in [0.25, 0.3) is 0 Å². The quantitative estimate of drug-likeness (QED) is 0.397. The standard InChI is InChI=1S/C23H21N3O5/c1-16-2-6-18(7-3-16)23-15-22(14-17-4-8-20(9-5-17)25(27)28)24(31-23)19-10-12-21(13-11-19)26(29)30/h2-13,22-23H,14-15H2,1H3/t22-,23-/m1/s1. The first-order valence-electron chi connectivity index (χ1n) is 9.91. The van der Waals surface area contributed by atoms with Gasteiger partial charge in [0, 0.05) is 30.7 Å². The summed E-state index contributed by atoms with van der Waals surface area (Å²) in [5.74, 6) is 0. The predicted molar refractivity (Wildman–Crippen MR) is 116 cm³/mol. The largest absolute Gasteiger partial charge is 0.269 e. The van der Waals surface area contributed by atoms with Gasteiger partial charge in [-0.15, -0.1) is 0 Å². The second kappa shape index (κ2) is 8.53. The van der Waals surface area contributed by atoms with Gasteiger partial charge >= 0.3 is 0 Å². The number of nitro groups is 2. The van der Waals surface area contributed by atoms with E-state index >= 15 is 0 Å². The van der Waals surface area contributed by atoms with E-state index in [1.807, 2.05) is 31.2 Å². The maximum Gasteiger partial charge on any atom is 0.269 e. The number of rotatable bonds is 6. The van der Waals surface area contributed by atoms with Crippen LogP contribution < -0.4 is 5.06 Å². The Morgan fingerprint density at radius 2 is 1.42 bits per heavy atom. The molecule has 0 N–H and O–H groups in total. The minimum absolute atomic E-state index is 0.0185. The van der Waals surface area contributed by atoms with Crippen LogP contribution in [0.2, 0.25) is 0 Å². The summed E-state index contributed by atoms with van der Waals surface area (Å²) in [5, 5.41) is 23.7. The highest BCUT2D eigenvalue weighted by Crippen LogP contribution is 2.38. The van der Waals surface area contributed by atoms with Crippen molar-refractivity contribution in [3.8, 4) is 0 Å². The summed E-state index contributed by atoms with van der Waals surface area (Å²) in [6, 6.07) is 20.9. The fraction of sp³-hybridized carbons (Fsp3) is 0.217. The molecule has 1 heterocycles. The van der Waals surface area contributed by atoms with Crippen molar-refractivity contribution in [1.82, 2.24) is 0 Å². The Hall–Kier alpha value is -3.78. The molecule has 1 aliphatic heterocycles. The van der Waals surface area contributed by atoms with Crippen LogP contribution in [0.1, 0.15) is 29.2 Å². The lowest BCUT2D eigenvalue weighted by molar-refractivity contribution is -0.385. The molecule has 1 saturated heterocycles. The third-order valence-corrected chi connectivity index (χ3v) is 5.44. The fourth-order valence-electron chi connectivity index (χ4n) is 3.77. The Morgan fingerprint density at radius 3 is 1.97 bits per heavy atom. The normalized spacial score (nSPS) is 18.2. The molecule has 0 bridgehead atoms. The molecule has 1 aliphatic rings. The van der Waals surface area contributed by atoms with Crippen molar-refractivity contribution in [3.05, 3.63) is 110 Å². The number of non-ortho nitro benzene ring substituents is 2. The molecular formula is C23H21N3O5. The minimum atomic E-state index is -0.432. The van der Waals surface area contributed by atoms with Crippen LogP contribution in [0.15, 0.2) is 72.8 Å². The van der Waals surface area contributed by atoms with E-state index in [1.54, 1.807) is 29.3 Å². The lowest BCUT2D eigenvalue weighted by Gasteiger charge is -2.25. The molecule has 4 rings (SSSR count). The number of aryl methyl sites for hydroxylation is 1. The molecule has 1 fully saturated rings. The van der Waals surface area contributed by atoms with Crippen molar-refractivity contribution in [2.45, 2.75) is 31.9 Å². The Balaban J connectivity index is 1.60. The SMILES string of the molecule is Cc1ccc([C@H]2C[C@@H](Cc3ccc([N+](=O)[O-])cc3)N(c3ccc([N+](=O)[O-])cc3)O2)cc1. The smallest absolute Gasteiger partial charge is 0.265 e. The molecule has 158 valence electrons. The second-order valence-corrected chi connectivity index (χ2v) is 7.62. The topological polar surface area (TPSA) is 98.8 Å². The Bertz CT molecular complexity index is 1080. The van der Waals surface area contributed by atoms with Gasteiger partial charge in [-0.05, 0) is 36.6 Å². The number of hydrogen-bond donors (Lipinski definition) is 0. The maximum absolute atomic E-state index is 11.0. The van der Waals surface area contributed by atoms with Crippen LogP contribution in [-0.2, 0) is 11.3 Å². The average molecular weight is 419 g/mol. The summed E-state index contributed by atoms with van der Waals surface area (Å²) in [5.41, 5.74) is 3.98. The Kier molecular flexibility index (Phi) is 5.64. The number of hydrogen-bond acceptors (Lipinski definition) is 6. The molecule has 0 aliphatic carbocycles. The van der Waals surface area contributed by atoms with Crippen LogP contribution in [0, 0.1) is 27.2 Å². The molecule has 3 aromatic carbocycles. The summed E-state index contributed by atoms with van der Waals surface area (Å²) >= 11 is 0. The fourth-order valence-corrected chi connectivity index (χ4v) is 3.77. The number of nitrogens with zero attached hydrogens (tertiary/aromatic N) is 3. The molecule has 0 unspecified atom stereocenters. The van der Waals surface area contributed by atoms with E-state index in [0.717, 1.165) is 28.8 Å². The molecule has 8 nitrogen and oxygen atoms in total. The number of anilines is 1. The van der Waals surface area contributed by atoms with Crippen molar-refractivity contribution < 1.29 is 14.7 Å². The molecule has 0 aromatic heterocycles. The average Bonchev–Trinajstić information content (AvgIpc) is 3.18. The van der Waals surface area contributed by atoms with Crippen LogP contribution in [-0.4, -0.2) is 15.9 Å². The lowest BCUT2D eigenvalue weighted by atomic mass is 9.97. The van der Waals surface area contributed by atoms with Crippen LogP contribution in [0.3, 0.4) is 0 Å². The molecule has 0 radical (unpaired) electrons. The first kappa shape index (κ1) is 20.5. The van der Waals surface area contributed by atoms with E-state index in [1.165, 1.54) is 24.3 Å². The monoisotopic (exact) mass is 419 g/mol. The first-order chi connectivity index (χ1) is 14.9. The highest BCUT2D eigenvalue weighted by Gasteiger charge is 2.35. The van der Waals surface area contributed by atoms with Crippen LogP contribution in [0.4, 0.5) is 17.1 Å². The van der Waals surface area contributed by atoms with E-state index in [-0.39, 0.29) is 23.5 Å². The van der Waals surface area contributed by atoms with Gasteiger partial charge < -0.3 is 0 Å². The van der Waals surface area contributed by atoms with E-state index in [2.05, 4.69) is 0 Å². The lowest BCUT2D eigenvalue weighted by Crippen LogP contribution is -2.29. The molecular weight excluding hydrogens is 398 g/mol. The third kappa shape index (κ3) is 4.54. The second-order valence-electron chi connectivity index (χ2n) is 7.62. The molecule has 0 amide bonds. The summed E-state index contributed by atoms with van der Waals surface area (Å²) in [6.07, 6.45) is 1.19. The molecule has 0 saturated carbocycles. The van der Waals surface area contributed by atoms with E-state index < -0.39 is 9.85 Å². The van der Waals surface area contributed by atoms with Crippen molar-refractivity contribution in [2.24, 2.45) is 0 Å². The van der Waals surface area contributed by atoms with Gasteiger partial charge in [-0.3, -0.25) is 30.1 Å². The van der Waals surface area contributed by atoms with E-state index in [0.29, 0.717) is 6.42 Å². The van der Waals surface area contributed by atoms with Gasteiger partial charge in [0.25, 0.3) is 11.4 Å². The highest BCUT2D eigenvalue weighted by atomic mass is 16.7. The third-order valence-electron chi connectivity index (χ3n) is 5.44. The first-order valence-corrected chi connectivity index (χ1v) is 9.91. The summed E-state index contributed by atoms with van der Waals surface area (Å²) in [7, 11) is 0. The van der Waals surface area contributed by atoms with Gasteiger partial charge in [0.2, 0.25) is 0 Å². The summed E-state index contributed by atoms with van der Waals surface area (Å²) in [6.45, 7) is 2.03. The zero-order chi connectivity index (χ0) is 22.0. The molecule has 0 spiro atoms. The molecule has 8 heteroatoms. The van der Waals surface area contributed by atoms with E-state index in [9.17, 15) is 20.2 Å². The van der Waals surface area contributed by atoms with Crippen LogP contribution in [0.5, 0.6) is 0 Å². The summed E-state index contributed by atoms with van der Waals surface area (Å²) in [4.78, 5) is 27.3.